The molecule has 0 fully saturated rings. The molecule has 5 rings (SSSR count). The first-order valence-corrected chi connectivity index (χ1v) is 10.8. The Morgan fingerprint density at radius 2 is 1.17 bits per heavy atom. The largest absolute Gasteiger partial charge is 0.363 e. The van der Waals surface area contributed by atoms with E-state index in [9.17, 15) is 0 Å². The van der Waals surface area contributed by atoms with Crippen LogP contribution in [0.15, 0.2) is 66.7 Å². The summed E-state index contributed by atoms with van der Waals surface area (Å²) in [5.41, 5.74) is 7.57. The molecule has 0 unspecified atom stereocenters. The van der Waals surface area contributed by atoms with Gasteiger partial charge in [-0.3, -0.25) is 15.3 Å². The van der Waals surface area contributed by atoms with Crippen LogP contribution in [-0.2, 0) is 6.54 Å². The van der Waals surface area contributed by atoms with Crippen LogP contribution in [0.5, 0.6) is 0 Å². The van der Waals surface area contributed by atoms with E-state index in [1.54, 1.807) is 0 Å². The van der Waals surface area contributed by atoms with Crippen LogP contribution in [0.1, 0.15) is 16.8 Å². The Balaban J connectivity index is 0.00000152. The summed E-state index contributed by atoms with van der Waals surface area (Å²) < 4.78 is 0. The van der Waals surface area contributed by atoms with Crippen molar-refractivity contribution in [2.24, 2.45) is 0 Å². The van der Waals surface area contributed by atoms with Gasteiger partial charge in [0.15, 0.2) is 11.6 Å². The van der Waals surface area contributed by atoms with E-state index in [4.69, 9.17) is 0 Å². The number of aryl methyl sites for hydroxylation is 2. The van der Waals surface area contributed by atoms with Crippen molar-refractivity contribution in [3.05, 3.63) is 83.6 Å². The fourth-order valence-electron chi connectivity index (χ4n) is 3.57. The highest BCUT2D eigenvalue weighted by atomic mass is 35.5. The van der Waals surface area contributed by atoms with E-state index in [1.807, 2.05) is 30.1 Å². The van der Waals surface area contributed by atoms with Crippen LogP contribution in [-0.4, -0.2) is 37.6 Å². The van der Waals surface area contributed by atoms with Gasteiger partial charge >= 0.3 is 0 Å². The number of H-pyrrole nitrogens is 3. The molecular weight excluding hydrogens is 519 g/mol. The molecule has 8 nitrogen and oxygen atoms in total. The maximum atomic E-state index is 4.45. The van der Waals surface area contributed by atoms with Crippen molar-refractivity contribution < 1.29 is 0 Å². The van der Waals surface area contributed by atoms with Crippen molar-refractivity contribution in [3.8, 4) is 22.5 Å². The molecular formula is C25H29Cl3N8. The van der Waals surface area contributed by atoms with Gasteiger partial charge in [-0.05, 0) is 25.0 Å². The molecule has 36 heavy (non-hydrogen) atoms. The van der Waals surface area contributed by atoms with Gasteiger partial charge in [-0.1, -0.05) is 59.7 Å². The van der Waals surface area contributed by atoms with Crippen LogP contribution in [0.2, 0.25) is 0 Å². The molecule has 0 saturated carbocycles. The van der Waals surface area contributed by atoms with Gasteiger partial charge in [-0.25, -0.2) is 0 Å². The highest BCUT2D eigenvalue weighted by Crippen LogP contribution is 2.26. The van der Waals surface area contributed by atoms with E-state index in [-0.39, 0.29) is 37.2 Å². The predicted molar refractivity (Wildman–Crippen MR) is 153 cm³/mol. The zero-order valence-electron chi connectivity index (χ0n) is 20.1. The van der Waals surface area contributed by atoms with Crippen LogP contribution in [0.3, 0.4) is 0 Å². The van der Waals surface area contributed by atoms with Crippen molar-refractivity contribution in [2.75, 3.05) is 17.3 Å². The second kappa shape index (κ2) is 12.5. The summed E-state index contributed by atoms with van der Waals surface area (Å²) in [5, 5.41) is 25.9. The number of halogens is 3. The molecule has 0 atom stereocenters. The number of anilines is 3. The minimum atomic E-state index is 0. The molecule has 0 aliphatic heterocycles. The number of hydrogen-bond donors (Lipinski definition) is 4. The molecule has 0 saturated heterocycles. The normalized spacial score (nSPS) is 10.1. The summed E-state index contributed by atoms with van der Waals surface area (Å²) in [7, 11) is 1.95. The third kappa shape index (κ3) is 6.40. The average molecular weight is 548 g/mol. The highest BCUT2D eigenvalue weighted by Gasteiger charge is 2.13. The summed E-state index contributed by atoms with van der Waals surface area (Å²) >= 11 is 0. The first kappa shape index (κ1) is 28.8. The molecule has 3 aromatic heterocycles. The molecule has 2 aromatic carbocycles. The van der Waals surface area contributed by atoms with Crippen LogP contribution in [0.4, 0.5) is 17.5 Å². The van der Waals surface area contributed by atoms with E-state index in [1.165, 1.54) is 11.1 Å². The van der Waals surface area contributed by atoms with E-state index < -0.39 is 0 Å². The monoisotopic (exact) mass is 546 g/mol. The predicted octanol–water partition coefficient (Wildman–Crippen LogP) is 6.45. The number of aromatic nitrogens is 6. The fourth-order valence-corrected chi connectivity index (χ4v) is 3.57. The first-order valence-electron chi connectivity index (χ1n) is 10.8. The summed E-state index contributed by atoms with van der Waals surface area (Å²) in [6.07, 6.45) is 0. The summed E-state index contributed by atoms with van der Waals surface area (Å²) in [5.74, 6) is 2.37. The smallest absolute Gasteiger partial charge is 0.156 e. The molecule has 190 valence electrons. The lowest BCUT2D eigenvalue weighted by molar-refractivity contribution is 0.955. The van der Waals surface area contributed by atoms with Gasteiger partial charge in [-0.15, -0.1) is 37.2 Å². The van der Waals surface area contributed by atoms with Crippen molar-refractivity contribution in [1.82, 2.24) is 30.6 Å². The lowest BCUT2D eigenvalue weighted by Crippen LogP contribution is -2.10. The van der Waals surface area contributed by atoms with Crippen molar-refractivity contribution >= 4 is 54.7 Å². The SMILES string of the molecule is Cc1ccc(-c2cc(NCc3cc(N(C)c4cc(-c5ccc(C)cc5)[nH]n4)n[nH]3)n[nH]2)cc1.Cl.Cl.Cl. The summed E-state index contributed by atoms with van der Waals surface area (Å²) in [6.45, 7) is 4.73. The summed E-state index contributed by atoms with van der Waals surface area (Å²) in [4.78, 5) is 1.94. The topological polar surface area (TPSA) is 101 Å². The van der Waals surface area contributed by atoms with Gasteiger partial charge in [0, 0.05) is 25.2 Å². The standard InChI is InChI=1S/C25H26N8.3ClH/c1-16-4-8-18(9-5-16)21-13-23(30-28-21)26-15-20-12-24(31-27-20)33(3)25-14-22(29-32-25)19-10-6-17(2)7-11-19;;;/h4-14H,15H2,1-3H3,(H,27,31)(H,29,32)(H2,26,28,30);3*1H. The molecule has 5 aromatic rings. The molecule has 0 amide bonds. The third-order valence-corrected chi connectivity index (χ3v) is 5.63. The molecule has 0 spiro atoms. The van der Waals surface area contributed by atoms with Gasteiger partial charge in [0.2, 0.25) is 0 Å². The van der Waals surface area contributed by atoms with Crippen molar-refractivity contribution in [2.45, 2.75) is 20.4 Å². The van der Waals surface area contributed by atoms with Crippen LogP contribution >= 0.6 is 37.2 Å². The molecule has 3 heterocycles. The van der Waals surface area contributed by atoms with E-state index >= 15 is 0 Å². The lowest BCUT2D eigenvalue weighted by Gasteiger charge is -2.11. The average Bonchev–Trinajstić information content (AvgIpc) is 3.59. The van der Waals surface area contributed by atoms with E-state index in [0.29, 0.717) is 6.54 Å². The van der Waals surface area contributed by atoms with Crippen LogP contribution in [0, 0.1) is 13.8 Å². The molecule has 0 aliphatic carbocycles. The number of rotatable bonds is 7. The third-order valence-electron chi connectivity index (χ3n) is 5.63. The Labute approximate surface area is 228 Å². The Morgan fingerprint density at radius 1 is 0.667 bits per heavy atom. The number of nitrogens with one attached hydrogen (secondary N) is 4. The van der Waals surface area contributed by atoms with Gasteiger partial charge in [0.1, 0.15) is 5.82 Å². The number of benzene rings is 2. The van der Waals surface area contributed by atoms with Gasteiger partial charge in [0.25, 0.3) is 0 Å². The van der Waals surface area contributed by atoms with E-state index in [2.05, 4.69) is 98.3 Å². The minimum absolute atomic E-state index is 0. The maximum Gasteiger partial charge on any atom is 0.156 e. The zero-order chi connectivity index (χ0) is 22.8. The quantitative estimate of drug-likeness (QED) is 0.187. The molecule has 0 bridgehead atoms. The Morgan fingerprint density at radius 3 is 1.78 bits per heavy atom. The highest BCUT2D eigenvalue weighted by molar-refractivity contribution is 5.86. The van der Waals surface area contributed by atoms with Crippen LogP contribution < -0.4 is 10.2 Å². The molecule has 0 radical (unpaired) electrons. The second-order valence-corrected chi connectivity index (χ2v) is 8.20. The Hall–Kier alpha value is -3.46. The minimum Gasteiger partial charge on any atom is -0.363 e. The van der Waals surface area contributed by atoms with Gasteiger partial charge in [0.05, 0.1) is 23.6 Å². The first-order chi connectivity index (χ1) is 16.0. The van der Waals surface area contributed by atoms with Crippen LogP contribution in [0.25, 0.3) is 22.5 Å². The van der Waals surface area contributed by atoms with Gasteiger partial charge < -0.3 is 10.2 Å². The summed E-state index contributed by atoms with van der Waals surface area (Å²) in [6, 6.07) is 22.7. The Kier molecular flexibility index (Phi) is 9.98. The van der Waals surface area contributed by atoms with Crippen molar-refractivity contribution in [3.63, 3.8) is 0 Å². The second-order valence-electron chi connectivity index (χ2n) is 8.20. The van der Waals surface area contributed by atoms with E-state index in [0.717, 1.165) is 45.7 Å². The zero-order valence-corrected chi connectivity index (χ0v) is 22.5. The number of aromatic amines is 3. The number of hydrogen-bond acceptors (Lipinski definition) is 5. The molecule has 4 N–H and O–H groups in total. The Bertz CT molecular complexity index is 1360. The maximum absolute atomic E-state index is 4.45. The van der Waals surface area contributed by atoms with Gasteiger partial charge in [-0.2, -0.15) is 15.3 Å². The lowest BCUT2D eigenvalue weighted by atomic mass is 10.1. The molecule has 0 aliphatic rings. The fraction of sp³-hybridized carbons (Fsp3) is 0.160. The number of nitrogens with zero attached hydrogens (tertiary/aromatic N) is 4. The van der Waals surface area contributed by atoms with Crippen molar-refractivity contribution in [1.29, 1.82) is 0 Å². The molecule has 11 heteroatoms.